The highest BCUT2D eigenvalue weighted by molar-refractivity contribution is 5.76. The van der Waals surface area contributed by atoms with Gasteiger partial charge in [0.05, 0.1) is 0 Å². The number of hydrogen-bond donors (Lipinski definition) is 1. The van der Waals surface area contributed by atoms with E-state index in [-0.39, 0.29) is 0 Å². The van der Waals surface area contributed by atoms with E-state index in [0.717, 1.165) is 25.9 Å². The minimum absolute atomic E-state index is 0.305. The van der Waals surface area contributed by atoms with Gasteiger partial charge in [-0.25, -0.2) is 0 Å². The van der Waals surface area contributed by atoms with Gasteiger partial charge in [0.25, 0.3) is 0 Å². The molecule has 0 spiro atoms. The van der Waals surface area contributed by atoms with E-state index in [4.69, 9.17) is 0 Å². The molecular formula is C10H20N2O. The summed E-state index contributed by atoms with van der Waals surface area (Å²) in [5, 5.41) is 3.17. The molecule has 0 aromatic carbocycles. The van der Waals surface area contributed by atoms with Gasteiger partial charge in [-0.05, 0) is 31.8 Å². The molecule has 0 aromatic heterocycles. The molecule has 0 radical (unpaired) electrons. The van der Waals surface area contributed by atoms with Gasteiger partial charge in [-0.2, -0.15) is 0 Å². The number of amides is 1. The van der Waals surface area contributed by atoms with Gasteiger partial charge in [0.2, 0.25) is 5.91 Å². The quantitative estimate of drug-likeness (QED) is 0.700. The summed E-state index contributed by atoms with van der Waals surface area (Å²) in [4.78, 5) is 13.3. The lowest BCUT2D eigenvalue weighted by atomic mass is 9.85. The highest BCUT2D eigenvalue weighted by Gasteiger charge is 2.26. The molecule has 0 bridgehead atoms. The van der Waals surface area contributed by atoms with Crippen molar-refractivity contribution >= 4 is 5.91 Å². The van der Waals surface area contributed by atoms with Gasteiger partial charge in [-0.15, -0.1) is 0 Å². The van der Waals surface area contributed by atoms with Crippen LogP contribution in [-0.4, -0.2) is 38.0 Å². The lowest BCUT2D eigenvalue weighted by molar-refractivity contribution is -0.134. The molecule has 3 heteroatoms. The first-order chi connectivity index (χ1) is 6.15. The van der Waals surface area contributed by atoms with Crippen LogP contribution in [0, 0.1) is 11.8 Å². The van der Waals surface area contributed by atoms with Crippen molar-refractivity contribution in [3.8, 4) is 0 Å². The summed E-state index contributed by atoms with van der Waals surface area (Å²) in [7, 11) is 3.86. The Kier molecular flexibility index (Phi) is 3.72. The maximum Gasteiger partial charge on any atom is 0.222 e. The first-order valence-electron chi connectivity index (χ1n) is 5.03. The van der Waals surface area contributed by atoms with Gasteiger partial charge in [0, 0.05) is 20.0 Å². The van der Waals surface area contributed by atoms with Crippen molar-refractivity contribution in [3.05, 3.63) is 0 Å². The summed E-state index contributed by atoms with van der Waals surface area (Å²) < 4.78 is 0. The number of piperidine rings is 1. The van der Waals surface area contributed by atoms with Crippen LogP contribution in [0.4, 0.5) is 0 Å². The summed E-state index contributed by atoms with van der Waals surface area (Å²) in [5.41, 5.74) is 0. The molecule has 2 atom stereocenters. The summed E-state index contributed by atoms with van der Waals surface area (Å²) in [5.74, 6) is 1.50. The fourth-order valence-corrected chi connectivity index (χ4v) is 1.94. The summed E-state index contributed by atoms with van der Waals surface area (Å²) in [6.45, 7) is 4.17. The van der Waals surface area contributed by atoms with E-state index in [1.807, 2.05) is 19.0 Å². The summed E-state index contributed by atoms with van der Waals surface area (Å²) in [6, 6.07) is 0. The third-order valence-corrected chi connectivity index (χ3v) is 3.03. The molecule has 1 amide bonds. The second kappa shape index (κ2) is 4.61. The Labute approximate surface area is 80.5 Å². The van der Waals surface area contributed by atoms with Crippen LogP contribution in [0.2, 0.25) is 0 Å². The van der Waals surface area contributed by atoms with E-state index in [9.17, 15) is 4.79 Å². The van der Waals surface area contributed by atoms with Gasteiger partial charge in [-0.3, -0.25) is 4.79 Å². The molecule has 1 heterocycles. The van der Waals surface area contributed by atoms with Crippen LogP contribution < -0.4 is 5.32 Å². The molecule has 1 rings (SSSR count). The first-order valence-corrected chi connectivity index (χ1v) is 5.03. The minimum Gasteiger partial charge on any atom is -0.346 e. The predicted molar refractivity (Wildman–Crippen MR) is 53.5 cm³/mol. The molecule has 2 unspecified atom stereocenters. The topological polar surface area (TPSA) is 32.3 Å². The molecule has 3 nitrogen and oxygen atoms in total. The number of carbonyl (C=O) groups excluding carboxylic acids is 1. The van der Waals surface area contributed by atoms with Crippen molar-refractivity contribution in [2.75, 3.05) is 27.2 Å². The van der Waals surface area contributed by atoms with Gasteiger partial charge in [0.1, 0.15) is 0 Å². The Morgan fingerprint density at radius 3 is 2.92 bits per heavy atom. The van der Waals surface area contributed by atoms with Crippen molar-refractivity contribution in [1.29, 1.82) is 0 Å². The van der Waals surface area contributed by atoms with Crippen LogP contribution in [0.5, 0.6) is 0 Å². The van der Waals surface area contributed by atoms with Crippen molar-refractivity contribution in [3.63, 3.8) is 0 Å². The molecule has 1 aliphatic heterocycles. The third kappa shape index (κ3) is 2.69. The SMILES string of the molecule is CNCC(C)C1CCN(C)C(=O)C1. The van der Waals surface area contributed by atoms with E-state index >= 15 is 0 Å². The molecule has 0 aliphatic carbocycles. The monoisotopic (exact) mass is 184 g/mol. The molecule has 0 saturated carbocycles. The number of hydrogen-bond acceptors (Lipinski definition) is 2. The third-order valence-electron chi connectivity index (χ3n) is 3.03. The Bertz CT molecular complexity index is 182. The Morgan fingerprint density at radius 1 is 1.69 bits per heavy atom. The highest BCUT2D eigenvalue weighted by Crippen LogP contribution is 2.24. The van der Waals surface area contributed by atoms with E-state index in [0.29, 0.717) is 17.7 Å². The highest BCUT2D eigenvalue weighted by atomic mass is 16.2. The normalized spacial score (nSPS) is 26.2. The zero-order chi connectivity index (χ0) is 9.84. The average Bonchev–Trinajstić information content (AvgIpc) is 2.10. The van der Waals surface area contributed by atoms with Crippen LogP contribution in [0.25, 0.3) is 0 Å². The van der Waals surface area contributed by atoms with Gasteiger partial charge < -0.3 is 10.2 Å². The molecule has 0 aromatic rings. The maximum atomic E-state index is 11.4. The van der Waals surface area contributed by atoms with Crippen molar-refractivity contribution in [1.82, 2.24) is 10.2 Å². The average molecular weight is 184 g/mol. The minimum atomic E-state index is 0.305. The fraction of sp³-hybridized carbons (Fsp3) is 0.900. The van der Waals surface area contributed by atoms with Crippen LogP contribution in [-0.2, 0) is 4.79 Å². The van der Waals surface area contributed by atoms with Gasteiger partial charge >= 0.3 is 0 Å². The van der Waals surface area contributed by atoms with Crippen molar-refractivity contribution < 1.29 is 4.79 Å². The van der Waals surface area contributed by atoms with Gasteiger partial charge in [-0.1, -0.05) is 6.92 Å². The summed E-state index contributed by atoms with van der Waals surface area (Å²) >= 11 is 0. The largest absolute Gasteiger partial charge is 0.346 e. The predicted octanol–water partition coefficient (Wildman–Crippen LogP) is 0.710. The second-order valence-electron chi connectivity index (χ2n) is 4.10. The molecular weight excluding hydrogens is 164 g/mol. The number of rotatable bonds is 3. The maximum absolute atomic E-state index is 11.4. The van der Waals surface area contributed by atoms with E-state index in [1.165, 1.54) is 0 Å². The zero-order valence-electron chi connectivity index (χ0n) is 8.84. The van der Waals surface area contributed by atoms with Crippen molar-refractivity contribution in [2.45, 2.75) is 19.8 Å². The second-order valence-corrected chi connectivity index (χ2v) is 4.10. The van der Waals surface area contributed by atoms with Gasteiger partial charge in [0.15, 0.2) is 0 Å². The number of nitrogens with one attached hydrogen (secondary N) is 1. The van der Waals surface area contributed by atoms with Crippen molar-refractivity contribution in [2.24, 2.45) is 11.8 Å². The molecule has 13 heavy (non-hydrogen) atoms. The molecule has 76 valence electrons. The summed E-state index contributed by atoms with van der Waals surface area (Å²) in [6.07, 6.45) is 1.89. The van der Waals surface area contributed by atoms with Crippen LogP contribution in [0.1, 0.15) is 19.8 Å². The fourth-order valence-electron chi connectivity index (χ4n) is 1.94. The molecule has 1 aliphatic rings. The van der Waals surface area contributed by atoms with E-state index < -0.39 is 0 Å². The number of likely N-dealkylation sites (tertiary alicyclic amines) is 1. The Morgan fingerprint density at radius 2 is 2.38 bits per heavy atom. The van der Waals surface area contributed by atoms with E-state index in [1.54, 1.807) is 0 Å². The molecule has 1 fully saturated rings. The van der Waals surface area contributed by atoms with Crippen LogP contribution >= 0.6 is 0 Å². The lowest BCUT2D eigenvalue weighted by Crippen LogP contribution is -2.39. The first kappa shape index (κ1) is 10.5. The smallest absolute Gasteiger partial charge is 0.222 e. The standard InChI is InChI=1S/C10H20N2O/c1-8(7-11-2)9-4-5-12(3)10(13)6-9/h8-9,11H,4-7H2,1-3H3. The Hall–Kier alpha value is -0.570. The zero-order valence-corrected chi connectivity index (χ0v) is 8.84. The molecule has 1 saturated heterocycles. The number of nitrogens with zero attached hydrogens (tertiary/aromatic N) is 1. The van der Waals surface area contributed by atoms with Crippen LogP contribution in [0.3, 0.4) is 0 Å². The van der Waals surface area contributed by atoms with Crippen LogP contribution in [0.15, 0.2) is 0 Å². The lowest BCUT2D eigenvalue weighted by Gasteiger charge is -2.32. The van der Waals surface area contributed by atoms with E-state index in [2.05, 4.69) is 12.2 Å². The number of carbonyl (C=O) groups is 1. The Balaban J connectivity index is 2.40. The molecule has 1 N–H and O–H groups in total.